The Morgan fingerprint density at radius 2 is 1.68 bits per heavy atom. The van der Waals surface area contributed by atoms with Gasteiger partial charge in [-0.25, -0.2) is 4.79 Å². The molecule has 0 heterocycles. The summed E-state index contributed by atoms with van der Waals surface area (Å²) in [7, 11) is 0. The van der Waals surface area contributed by atoms with E-state index in [1.54, 1.807) is 48.5 Å². The highest BCUT2D eigenvalue weighted by molar-refractivity contribution is 7.99. The highest BCUT2D eigenvalue weighted by Gasteiger charge is 2.18. The first-order valence-electron chi connectivity index (χ1n) is 10.4. The van der Waals surface area contributed by atoms with E-state index >= 15 is 0 Å². The summed E-state index contributed by atoms with van der Waals surface area (Å²) in [5, 5.41) is 6.05. The number of carbonyl (C=O) groups is 2. The molecule has 1 aliphatic carbocycles. The molecule has 2 aromatic carbocycles. The van der Waals surface area contributed by atoms with Gasteiger partial charge in [0.2, 0.25) is 0 Å². The number of benzene rings is 2. The highest BCUT2D eigenvalue weighted by Crippen LogP contribution is 2.28. The lowest BCUT2D eigenvalue weighted by Crippen LogP contribution is -2.37. The highest BCUT2D eigenvalue weighted by atomic mass is 32.2. The number of nitrogens with one attached hydrogen (secondary N) is 2. The number of esters is 1. The Hall–Kier alpha value is -2.61. The van der Waals surface area contributed by atoms with E-state index < -0.39 is 11.7 Å². The first kappa shape index (κ1) is 23.1. The van der Waals surface area contributed by atoms with Crippen LogP contribution in [-0.2, 0) is 9.53 Å². The van der Waals surface area contributed by atoms with Crippen molar-refractivity contribution in [2.45, 2.75) is 55.2 Å². The molecule has 5 nitrogen and oxygen atoms in total. The zero-order chi connectivity index (χ0) is 22.1. The number of para-hydroxylation sites is 1. The van der Waals surface area contributed by atoms with E-state index in [1.807, 2.05) is 0 Å². The topological polar surface area (TPSA) is 67.4 Å². The van der Waals surface area contributed by atoms with Crippen LogP contribution >= 0.6 is 11.8 Å². The molecule has 1 saturated carbocycles. The van der Waals surface area contributed by atoms with E-state index in [0.29, 0.717) is 28.0 Å². The first-order valence-corrected chi connectivity index (χ1v) is 11.3. The van der Waals surface area contributed by atoms with Crippen molar-refractivity contribution in [1.82, 2.24) is 5.32 Å². The van der Waals surface area contributed by atoms with E-state index in [0.717, 1.165) is 25.7 Å². The number of alkyl halides is 2. The average Bonchev–Trinajstić information content (AvgIpc) is 3.02. The summed E-state index contributed by atoms with van der Waals surface area (Å²) in [5.74, 6) is -3.38. The molecule has 1 fully saturated rings. The number of halogens is 2. The fourth-order valence-corrected chi connectivity index (χ4v) is 4.05. The number of thioether (sulfide) groups is 1. The molecule has 0 saturated heterocycles. The summed E-state index contributed by atoms with van der Waals surface area (Å²) in [5.41, 5.74) is 1.44. The maximum Gasteiger partial charge on any atom is 0.340 e. The zero-order valence-corrected chi connectivity index (χ0v) is 17.9. The van der Waals surface area contributed by atoms with Gasteiger partial charge in [0.1, 0.15) is 0 Å². The molecule has 0 radical (unpaired) electrons. The second-order valence-corrected chi connectivity index (χ2v) is 8.47. The molecule has 8 heteroatoms. The fourth-order valence-electron chi connectivity index (χ4n) is 3.55. The summed E-state index contributed by atoms with van der Waals surface area (Å²) in [6.07, 6.45) is 6.51. The molecule has 0 spiro atoms. The van der Waals surface area contributed by atoms with Crippen molar-refractivity contribution < 1.29 is 23.1 Å². The molecule has 0 atom stereocenters. The number of hydrogen-bond acceptors (Lipinski definition) is 5. The Bertz CT molecular complexity index is 869. The summed E-state index contributed by atoms with van der Waals surface area (Å²) in [4.78, 5) is 25.2. The molecule has 3 rings (SSSR count). The van der Waals surface area contributed by atoms with Gasteiger partial charge >= 0.3 is 5.97 Å². The number of rotatable bonds is 8. The Balaban J connectivity index is 1.56. The van der Waals surface area contributed by atoms with Gasteiger partial charge in [0.25, 0.3) is 11.7 Å². The zero-order valence-electron chi connectivity index (χ0n) is 17.1. The lowest BCUT2D eigenvalue weighted by molar-refractivity contribution is -0.125. The standard InChI is InChI=1S/C23H26F2N2O3S/c24-23(25)31-18-13-11-17(12-14-18)26-20-10-6-5-9-19(20)22(29)30-15-21(28)27-16-7-3-1-2-4-8-16/h5-6,9-14,16,23,26H,1-4,7-8,15H2,(H,27,28). The van der Waals surface area contributed by atoms with Crippen LogP contribution in [0.1, 0.15) is 48.9 Å². The van der Waals surface area contributed by atoms with Crippen LogP contribution in [0.3, 0.4) is 0 Å². The van der Waals surface area contributed by atoms with Crippen LogP contribution in [-0.4, -0.2) is 30.3 Å². The third-order valence-corrected chi connectivity index (χ3v) is 5.78. The molecule has 0 aromatic heterocycles. The lowest BCUT2D eigenvalue weighted by atomic mass is 10.1. The van der Waals surface area contributed by atoms with Crippen molar-refractivity contribution in [1.29, 1.82) is 0 Å². The number of carbonyl (C=O) groups excluding carboxylic acids is 2. The Morgan fingerprint density at radius 1 is 1.00 bits per heavy atom. The maximum atomic E-state index is 12.6. The predicted molar refractivity (Wildman–Crippen MR) is 118 cm³/mol. The minimum absolute atomic E-state index is 0.147. The van der Waals surface area contributed by atoms with E-state index in [9.17, 15) is 18.4 Å². The van der Waals surface area contributed by atoms with E-state index in [-0.39, 0.29) is 24.1 Å². The van der Waals surface area contributed by atoms with Gasteiger partial charge in [0.15, 0.2) is 6.61 Å². The summed E-state index contributed by atoms with van der Waals surface area (Å²) in [6, 6.07) is 13.4. The van der Waals surface area contributed by atoms with Gasteiger partial charge in [0, 0.05) is 16.6 Å². The van der Waals surface area contributed by atoms with Gasteiger partial charge < -0.3 is 15.4 Å². The van der Waals surface area contributed by atoms with E-state index in [4.69, 9.17) is 4.74 Å². The monoisotopic (exact) mass is 448 g/mol. The number of amides is 1. The quantitative estimate of drug-likeness (QED) is 0.306. The molecular weight excluding hydrogens is 422 g/mol. The maximum absolute atomic E-state index is 12.6. The van der Waals surface area contributed by atoms with Crippen molar-refractivity contribution in [3.63, 3.8) is 0 Å². The molecule has 1 amide bonds. The SMILES string of the molecule is O=C(COC(=O)c1ccccc1Nc1ccc(SC(F)F)cc1)NC1CCCCCC1. The molecule has 0 unspecified atom stereocenters. The third-order valence-electron chi connectivity index (χ3n) is 5.06. The second-order valence-electron chi connectivity index (χ2n) is 7.41. The molecule has 31 heavy (non-hydrogen) atoms. The van der Waals surface area contributed by atoms with Crippen LogP contribution in [0.4, 0.5) is 20.2 Å². The van der Waals surface area contributed by atoms with Crippen LogP contribution in [0, 0.1) is 0 Å². The fraction of sp³-hybridized carbons (Fsp3) is 0.391. The number of ether oxygens (including phenoxy) is 1. The second kappa shape index (κ2) is 11.7. The van der Waals surface area contributed by atoms with Gasteiger partial charge in [-0.05, 0) is 49.2 Å². The number of anilines is 2. The largest absolute Gasteiger partial charge is 0.452 e. The van der Waals surface area contributed by atoms with Gasteiger partial charge in [-0.15, -0.1) is 0 Å². The predicted octanol–water partition coefficient (Wildman–Crippen LogP) is 5.74. The summed E-state index contributed by atoms with van der Waals surface area (Å²) in [6.45, 7) is -0.330. The Kier molecular flexibility index (Phi) is 8.70. The van der Waals surface area contributed by atoms with Crippen molar-refractivity contribution in [2.75, 3.05) is 11.9 Å². The molecule has 0 bridgehead atoms. The molecular formula is C23H26F2N2O3S. The first-order chi connectivity index (χ1) is 15.0. The third kappa shape index (κ3) is 7.54. The molecule has 1 aliphatic rings. The van der Waals surface area contributed by atoms with Crippen LogP contribution < -0.4 is 10.6 Å². The molecule has 2 aromatic rings. The minimum atomic E-state index is -2.48. The van der Waals surface area contributed by atoms with Crippen molar-refractivity contribution in [2.24, 2.45) is 0 Å². The Labute approximate surface area is 184 Å². The molecule has 166 valence electrons. The molecule has 0 aliphatic heterocycles. The average molecular weight is 449 g/mol. The van der Waals surface area contributed by atoms with Gasteiger partial charge in [-0.3, -0.25) is 4.79 Å². The Morgan fingerprint density at radius 3 is 2.35 bits per heavy atom. The summed E-state index contributed by atoms with van der Waals surface area (Å²) < 4.78 is 30.1. The van der Waals surface area contributed by atoms with Crippen molar-refractivity contribution in [3.8, 4) is 0 Å². The minimum Gasteiger partial charge on any atom is -0.452 e. The summed E-state index contributed by atoms with van der Waals surface area (Å²) >= 11 is 0.471. The number of hydrogen-bond donors (Lipinski definition) is 2. The van der Waals surface area contributed by atoms with Gasteiger partial charge in [-0.1, -0.05) is 49.6 Å². The molecule has 2 N–H and O–H groups in total. The van der Waals surface area contributed by atoms with Crippen molar-refractivity contribution in [3.05, 3.63) is 54.1 Å². The smallest absolute Gasteiger partial charge is 0.340 e. The normalized spacial score (nSPS) is 14.7. The lowest BCUT2D eigenvalue weighted by Gasteiger charge is -2.16. The van der Waals surface area contributed by atoms with Crippen molar-refractivity contribution >= 4 is 35.0 Å². The van der Waals surface area contributed by atoms with E-state index in [2.05, 4.69) is 10.6 Å². The van der Waals surface area contributed by atoms with Crippen LogP contribution in [0.2, 0.25) is 0 Å². The van der Waals surface area contributed by atoms with E-state index in [1.165, 1.54) is 12.8 Å². The van der Waals surface area contributed by atoms with Crippen LogP contribution in [0.5, 0.6) is 0 Å². The van der Waals surface area contributed by atoms with Gasteiger partial charge in [-0.2, -0.15) is 8.78 Å². The van der Waals surface area contributed by atoms with Crippen LogP contribution in [0.25, 0.3) is 0 Å². The van der Waals surface area contributed by atoms with Crippen LogP contribution in [0.15, 0.2) is 53.4 Å². The van der Waals surface area contributed by atoms with Gasteiger partial charge in [0.05, 0.1) is 11.3 Å².